The van der Waals surface area contributed by atoms with Crippen molar-refractivity contribution in [2.75, 3.05) is 13.1 Å². The summed E-state index contributed by atoms with van der Waals surface area (Å²) in [5.74, 6) is 0.604. The van der Waals surface area contributed by atoms with Gasteiger partial charge >= 0.3 is 0 Å². The molecule has 2 fully saturated rings. The molecule has 7 heteroatoms. The van der Waals surface area contributed by atoms with E-state index in [1.54, 1.807) is 12.7 Å². The van der Waals surface area contributed by atoms with Crippen LogP contribution in [-0.2, 0) is 5.54 Å². The third-order valence-corrected chi connectivity index (χ3v) is 5.08. The molecule has 3 heterocycles. The van der Waals surface area contributed by atoms with Crippen LogP contribution in [0, 0.1) is 0 Å². The highest BCUT2D eigenvalue weighted by atomic mass is 16.2. The quantitative estimate of drug-likeness (QED) is 0.860. The summed E-state index contributed by atoms with van der Waals surface area (Å²) in [5, 5.41) is 8.93. The molecule has 0 bridgehead atoms. The number of hydrogen-bond acceptors (Lipinski definition) is 4. The Kier molecular flexibility index (Phi) is 3.89. The fraction of sp³-hybridized carbons (Fsp3) is 0.667. The highest BCUT2D eigenvalue weighted by molar-refractivity contribution is 5.92. The van der Waals surface area contributed by atoms with E-state index in [0.29, 0.717) is 18.2 Å². The number of aromatic nitrogens is 5. The van der Waals surface area contributed by atoms with Gasteiger partial charge < -0.3 is 4.90 Å². The summed E-state index contributed by atoms with van der Waals surface area (Å²) in [6.45, 7) is 7.87. The Morgan fingerprint density at radius 3 is 2.68 bits per heavy atom. The van der Waals surface area contributed by atoms with Crippen molar-refractivity contribution in [1.82, 2.24) is 29.4 Å². The number of rotatable bonds is 3. The van der Waals surface area contributed by atoms with Crippen LogP contribution in [0.2, 0.25) is 0 Å². The average molecular weight is 342 g/mol. The van der Waals surface area contributed by atoms with Crippen molar-refractivity contribution in [2.45, 2.75) is 64.0 Å². The first-order valence-electron chi connectivity index (χ1n) is 9.17. The Balaban J connectivity index is 1.56. The highest BCUT2D eigenvalue weighted by Crippen LogP contribution is 2.42. The Morgan fingerprint density at radius 2 is 2.04 bits per heavy atom. The maximum atomic E-state index is 13.1. The lowest BCUT2D eigenvalue weighted by atomic mass is 10.1. The van der Waals surface area contributed by atoms with Crippen molar-refractivity contribution in [3.63, 3.8) is 0 Å². The third-order valence-electron chi connectivity index (χ3n) is 5.08. The average Bonchev–Trinajstić information content (AvgIpc) is 3.12. The molecule has 0 N–H and O–H groups in total. The summed E-state index contributed by atoms with van der Waals surface area (Å²) < 4.78 is 3.92. The molecular formula is C18H26N6O. The smallest absolute Gasteiger partial charge is 0.274 e. The van der Waals surface area contributed by atoms with Crippen LogP contribution in [0.3, 0.4) is 0 Å². The van der Waals surface area contributed by atoms with Crippen molar-refractivity contribution in [2.24, 2.45) is 0 Å². The molecule has 0 aromatic carbocycles. The number of hydrogen-bond donors (Lipinski definition) is 0. The van der Waals surface area contributed by atoms with Gasteiger partial charge in [0.05, 0.1) is 11.6 Å². The summed E-state index contributed by atoms with van der Waals surface area (Å²) in [7, 11) is 0. The Hall–Kier alpha value is -2.18. The lowest BCUT2D eigenvalue weighted by Crippen LogP contribution is -2.41. The van der Waals surface area contributed by atoms with Crippen molar-refractivity contribution in [3.05, 3.63) is 30.1 Å². The van der Waals surface area contributed by atoms with Gasteiger partial charge in [-0.1, -0.05) is 0 Å². The number of likely N-dealkylation sites (tertiary alicyclic amines) is 1. The van der Waals surface area contributed by atoms with E-state index < -0.39 is 0 Å². The predicted octanol–water partition coefficient (Wildman–Crippen LogP) is 2.58. The van der Waals surface area contributed by atoms with Gasteiger partial charge in [0.1, 0.15) is 12.7 Å². The first-order chi connectivity index (χ1) is 11.9. The molecule has 1 aliphatic heterocycles. The van der Waals surface area contributed by atoms with E-state index >= 15 is 0 Å². The number of carbonyl (C=O) groups excluding carboxylic acids is 1. The van der Waals surface area contributed by atoms with Crippen LogP contribution < -0.4 is 0 Å². The van der Waals surface area contributed by atoms with Gasteiger partial charge in [-0.3, -0.25) is 9.48 Å². The standard InChI is InChI=1S/C18H26N6O/c1-18(2,3)24-16(13-6-7-13)9-15(21-24)17(25)22-8-4-5-14(10-22)23-12-19-11-20-23/h9,11-14H,4-8,10H2,1-3H3/t14-/m1/s1. The minimum Gasteiger partial charge on any atom is -0.335 e. The summed E-state index contributed by atoms with van der Waals surface area (Å²) in [4.78, 5) is 19.0. The monoisotopic (exact) mass is 342 g/mol. The van der Waals surface area contributed by atoms with Gasteiger partial charge in [-0.25, -0.2) is 9.67 Å². The number of carbonyl (C=O) groups is 1. The second-order valence-electron chi connectivity index (χ2n) is 8.23. The van der Waals surface area contributed by atoms with Crippen LogP contribution in [-0.4, -0.2) is 48.4 Å². The molecule has 0 spiro atoms. The molecule has 1 saturated heterocycles. The van der Waals surface area contributed by atoms with E-state index in [-0.39, 0.29) is 17.5 Å². The summed E-state index contributed by atoms with van der Waals surface area (Å²) in [6.07, 6.45) is 7.69. The predicted molar refractivity (Wildman–Crippen MR) is 93.4 cm³/mol. The molecule has 134 valence electrons. The fourth-order valence-electron chi connectivity index (χ4n) is 3.63. The normalized spacial score (nSPS) is 21.6. The maximum absolute atomic E-state index is 13.1. The largest absolute Gasteiger partial charge is 0.335 e. The van der Waals surface area contributed by atoms with Gasteiger partial charge in [-0.15, -0.1) is 0 Å². The zero-order chi connectivity index (χ0) is 17.6. The van der Waals surface area contributed by atoms with Crippen LogP contribution in [0.25, 0.3) is 0 Å². The summed E-state index contributed by atoms with van der Waals surface area (Å²) >= 11 is 0. The van der Waals surface area contributed by atoms with Crippen molar-refractivity contribution < 1.29 is 4.79 Å². The van der Waals surface area contributed by atoms with Gasteiger partial charge in [0, 0.05) is 24.7 Å². The summed E-state index contributed by atoms with van der Waals surface area (Å²) in [6, 6.07) is 2.22. The van der Waals surface area contributed by atoms with Crippen molar-refractivity contribution in [1.29, 1.82) is 0 Å². The van der Waals surface area contributed by atoms with Crippen LogP contribution in [0.4, 0.5) is 0 Å². The molecule has 0 radical (unpaired) electrons. The minimum absolute atomic E-state index is 0.0368. The van der Waals surface area contributed by atoms with E-state index in [2.05, 4.69) is 35.5 Å². The van der Waals surface area contributed by atoms with Crippen molar-refractivity contribution in [3.8, 4) is 0 Å². The summed E-state index contributed by atoms with van der Waals surface area (Å²) in [5.41, 5.74) is 1.68. The molecule has 1 atom stereocenters. The second kappa shape index (κ2) is 5.97. The van der Waals surface area contributed by atoms with Gasteiger partial charge in [-0.05, 0) is 52.5 Å². The molecule has 2 aromatic rings. The molecule has 0 unspecified atom stereocenters. The number of nitrogens with zero attached hydrogens (tertiary/aromatic N) is 6. The molecule has 2 aliphatic rings. The Labute approximate surface area is 148 Å². The van der Waals surface area contributed by atoms with E-state index in [4.69, 9.17) is 5.10 Å². The number of piperidine rings is 1. The highest BCUT2D eigenvalue weighted by Gasteiger charge is 2.34. The Morgan fingerprint density at radius 1 is 1.24 bits per heavy atom. The third kappa shape index (κ3) is 3.19. The number of amides is 1. The molecule has 2 aromatic heterocycles. The van der Waals surface area contributed by atoms with E-state index in [0.717, 1.165) is 19.4 Å². The van der Waals surface area contributed by atoms with E-state index in [1.165, 1.54) is 18.5 Å². The minimum atomic E-state index is -0.110. The fourth-order valence-corrected chi connectivity index (χ4v) is 3.63. The van der Waals surface area contributed by atoms with E-state index in [9.17, 15) is 4.79 Å². The zero-order valence-corrected chi connectivity index (χ0v) is 15.2. The lowest BCUT2D eigenvalue weighted by molar-refractivity contribution is 0.0665. The first-order valence-corrected chi connectivity index (χ1v) is 9.17. The van der Waals surface area contributed by atoms with Crippen molar-refractivity contribution >= 4 is 5.91 Å². The van der Waals surface area contributed by atoms with Gasteiger partial charge in [0.15, 0.2) is 5.69 Å². The topological polar surface area (TPSA) is 68.8 Å². The van der Waals surface area contributed by atoms with Gasteiger partial charge in [-0.2, -0.15) is 10.2 Å². The first kappa shape index (κ1) is 16.3. The molecule has 7 nitrogen and oxygen atoms in total. The molecule has 1 aliphatic carbocycles. The second-order valence-corrected chi connectivity index (χ2v) is 8.23. The molecular weight excluding hydrogens is 316 g/mol. The maximum Gasteiger partial charge on any atom is 0.274 e. The van der Waals surface area contributed by atoms with Gasteiger partial charge in [0.25, 0.3) is 5.91 Å². The molecule has 25 heavy (non-hydrogen) atoms. The van der Waals surface area contributed by atoms with Crippen LogP contribution in [0.15, 0.2) is 18.7 Å². The zero-order valence-electron chi connectivity index (χ0n) is 15.2. The lowest BCUT2D eigenvalue weighted by Gasteiger charge is -2.32. The Bertz CT molecular complexity index is 753. The van der Waals surface area contributed by atoms with Crippen LogP contribution >= 0.6 is 0 Å². The molecule has 4 rings (SSSR count). The van der Waals surface area contributed by atoms with Gasteiger partial charge in [0.2, 0.25) is 0 Å². The SMILES string of the molecule is CC(C)(C)n1nc(C(=O)N2CCC[C@@H](n3cncn3)C2)cc1C1CC1. The van der Waals surface area contributed by atoms with E-state index in [1.807, 2.05) is 15.6 Å². The van der Waals surface area contributed by atoms with Crippen LogP contribution in [0.5, 0.6) is 0 Å². The molecule has 1 saturated carbocycles. The van der Waals surface area contributed by atoms with Crippen LogP contribution in [0.1, 0.15) is 74.6 Å². The molecule has 1 amide bonds.